The van der Waals surface area contributed by atoms with Crippen LogP contribution in [0.15, 0.2) is 0 Å². The Kier molecular flexibility index (Phi) is 5.30. The first-order chi connectivity index (χ1) is 7.17. The fraction of sp³-hybridized carbons (Fsp3) is 0.778. The van der Waals surface area contributed by atoms with Crippen molar-refractivity contribution in [1.82, 2.24) is 10.4 Å². The Hall–Kier alpha value is -1.24. The standard InChI is InChI=1S/C9H19BN2O4/c1-9(2,3)16-8(14)11-6(10)7(13)12(4)15-5/h6H,10H2,1-5H3,(H,11,14)/t6-/m1/s1. The molecule has 0 unspecified atom stereocenters. The van der Waals surface area contributed by atoms with Crippen LogP contribution in [0.2, 0.25) is 0 Å². The number of likely N-dealkylation sites (N-methyl/N-ethyl adjacent to an activating group) is 1. The molecule has 16 heavy (non-hydrogen) atoms. The number of amides is 2. The molecule has 6 nitrogen and oxygen atoms in total. The number of carbonyl (C=O) groups is 2. The Morgan fingerprint density at radius 2 is 1.88 bits per heavy atom. The quantitative estimate of drug-likeness (QED) is 0.523. The number of rotatable bonds is 3. The Morgan fingerprint density at radius 3 is 2.25 bits per heavy atom. The van der Waals surface area contributed by atoms with Crippen LogP contribution in [0.3, 0.4) is 0 Å². The van der Waals surface area contributed by atoms with E-state index < -0.39 is 17.6 Å². The minimum atomic E-state index is -0.695. The van der Waals surface area contributed by atoms with Crippen LogP contribution >= 0.6 is 0 Å². The van der Waals surface area contributed by atoms with Crippen molar-refractivity contribution in [1.29, 1.82) is 0 Å². The van der Waals surface area contributed by atoms with E-state index in [0.717, 1.165) is 5.06 Å². The number of nitrogens with zero attached hydrogens (tertiary/aromatic N) is 1. The maximum atomic E-state index is 11.5. The molecular formula is C9H19BN2O4. The van der Waals surface area contributed by atoms with Crippen molar-refractivity contribution in [3.63, 3.8) is 0 Å². The van der Waals surface area contributed by atoms with E-state index in [9.17, 15) is 9.59 Å². The molecule has 2 amide bonds. The van der Waals surface area contributed by atoms with Gasteiger partial charge in [0.25, 0.3) is 5.91 Å². The number of carbonyl (C=O) groups excluding carboxylic acids is 2. The monoisotopic (exact) mass is 230 g/mol. The zero-order chi connectivity index (χ0) is 12.9. The Labute approximate surface area is 96.6 Å². The lowest BCUT2D eigenvalue weighted by Gasteiger charge is -2.23. The van der Waals surface area contributed by atoms with Gasteiger partial charge in [-0.15, -0.1) is 0 Å². The lowest BCUT2D eigenvalue weighted by atomic mass is 9.96. The molecule has 0 heterocycles. The van der Waals surface area contributed by atoms with Crippen molar-refractivity contribution in [2.75, 3.05) is 14.2 Å². The molecule has 0 saturated carbocycles. The third kappa shape index (κ3) is 5.60. The van der Waals surface area contributed by atoms with Gasteiger partial charge in [0, 0.05) is 7.05 Å². The molecule has 1 atom stereocenters. The second-order valence-electron chi connectivity index (χ2n) is 4.39. The highest BCUT2D eigenvalue weighted by atomic mass is 16.7. The summed E-state index contributed by atoms with van der Waals surface area (Å²) < 4.78 is 5.01. The van der Waals surface area contributed by atoms with Gasteiger partial charge in [0.05, 0.1) is 13.1 Å². The van der Waals surface area contributed by atoms with Crippen LogP contribution < -0.4 is 5.32 Å². The lowest BCUT2D eigenvalue weighted by molar-refractivity contribution is -0.168. The van der Waals surface area contributed by atoms with Crippen LogP contribution in [-0.2, 0) is 14.4 Å². The van der Waals surface area contributed by atoms with Crippen LogP contribution in [0.5, 0.6) is 0 Å². The molecule has 0 aliphatic carbocycles. The Bertz CT molecular complexity index is 265. The van der Waals surface area contributed by atoms with Crippen molar-refractivity contribution in [2.24, 2.45) is 0 Å². The minimum absolute atomic E-state index is 0.353. The Balaban J connectivity index is 4.20. The molecule has 0 saturated heterocycles. The van der Waals surface area contributed by atoms with Gasteiger partial charge in [-0.3, -0.25) is 9.63 Å². The number of hydrogen-bond acceptors (Lipinski definition) is 4. The maximum Gasteiger partial charge on any atom is 0.407 e. The predicted octanol–water partition coefficient (Wildman–Crippen LogP) is -0.510. The molecule has 0 aromatic carbocycles. The lowest BCUT2D eigenvalue weighted by Crippen LogP contribution is -2.48. The summed E-state index contributed by atoms with van der Waals surface area (Å²) in [7, 11) is 4.40. The van der Waals surface area contributed by atoms with Gasteiger partial charge in [0.1, 0.15) is 13.4 Å². The zero-order valence-electron chi connectivity index (χ0n) is 10.7. The number of alkyl carbamates (subject to hydrolysis) is 1. The van der Waals surface area contributed by atoms with Gasteiger partial charge < -0.3 is 10.1 Å². The van der Waals surface area contributed by atoms with E-state index in [-0.39, 0.29) is 5.91 Å². The van der Waals surface area contributed by atoms with Gasteiger partial charge in [-0.1, -0.05) is 0 Å². The summed E-state index contributed by atoms with van der Waals surface area (Å²) in [4.78, 5) is 27.6. The molecule has 0 aromatic rings. The summed E-state index contributed by atoms with van der Waals surface area (Å²) in [6, 6.07) is 0. The summed E-state index contributed by atoms with van der Waals surface area (Å²) >= 11 is 0. The molecule has 92 valence electrons. The molecule has 0 spiro atoms. The summed E-state index contributed by atoms with van der Waals surface area (Å²) in [5.41, 5.74) is -0.583. The average Bonchev–Trinajstić information content (AvgIpc) is 2.12. The molecule has 1 N–H and O–H groups in total. The molecule has 0 rings (SSSR count). The summed E-state index contributed by atoms with van der Waals surface area (Å²) in [5, 5.41) is 3.46. The van der Waals surface area contributed by atoms with E-state index in [2.05, 4.69) is 5.32 Å². The van der Waals surface area contributed by atoms with Crippen molar-refractivity contribution in [3.8, 4) is 0 Å². The van der Waals surface area contributed by atoms with E-state index in [0.29, 0.717) is 0 Å². The first kappa shape index (κ1) is 14.8. The highest BCUT2D eigenvalue weighted by molar-refractivity contribution is 6.24. The third-order valence-electron chi connectivity index (χ3n) is 1.69. The Morgan fingerprint density at radius 1 is 1.38 bits per heavy atom. The molecule has 0 aromatic heterocycles. The number of hydroxylamine groups is 2. The number of hydrogen-bond donors (Lipinski definition) is 1. The average molecular weight is 230 g/mol. The fourth-order valence-corrected chi connectivity index (χ4v) is 0.909. The zero-order valence-corrected chi connectivity index (χ0v) is 10.7. The van der Waals surface area contributed by atoms with Crippen molar-refractivity contribution in [3.05, 3.63) is 0 Å². The third-order valence-corrected chi connectivity index (χ3v) is 1.69. The van der Waals surface area contributed by atoms with Gasteiger partial charge in [-0.2, -0.15) is 0 Å². The largest absolute Gasteiger partial charge is 0.444 e. The van der Waals surface area contributed by atoms with Crippen molar-refractivity contribution in [2.45, 2.75) is 32.3 Å². The normalized spacial score (nSPS) is 12.8. The first-order valence-corrected chi connectivity index (χ1v) is 4.98. The molecule has 0 bridgehead atoms. The van der Waals surface area contributed by atoms with Gasteiger partial charge in [0.15, 0.2) is 0 Å². The summed E-state index contributed by atoms with van der Waals surface area (Å²) in [5.74, 6) is -1.05. The van der Waals surface area contributed by atoms with Crippen LogP contribution in [0.1, 0.15) is 20.8 Å². The van der Waals surface area contributed by atoms with E-state index in [1.165, 1.54) is 14.2 Å². The molecule has 0 aliphatic heterocycles. The van der Waals surface area contributed by atoms with Crippen LogP contribution in [0.4, 0.5) is 4.79 Å². The second kappa shape index (κ2) is 5.74. The van der Waals surface area contributed by atoms with E-state index in [4.69, 9.17) is 9.57 Å². The molecule has 0 radical (unpaired) electrons. The van der Waals surface area contributed by atoms with Crippen molar-refractivity contribution < 1.29 is 19.2 Å². The molecule has 0 aliphatic rings. The number of nitrogens with one attached hydrogen (secondary N) is 1. The summed E-state index contributed by atoms with van der Waals surface area (Å²) in [6.45, 7) is 5.25. The number of ether oxygens (including phenoxy) is 1. The predicted molar refractivity (Wildman–Crippen MR) is 61.5 cm³/mol. The smallest absolute Gasteiger partial charge is 0.407 e. The topological polar surface area (TPSA) is 67.9 Å². The van der Waals surface area contributed by atoms with Gasteiger partial charge >= 0.3 is 6.09 Å². The second-order valence-corrected chi connectivity index (χ2v) is 4.39. The first-order valence-electron chi connectivity index (χ1n) is 4.98. The highest BCUT2D eigenvalue weighted by Gasteiger charge is 2.22. The van der Waals surface area contributed by atoms with Crippen LogP contribution in [0, 0.1) is 0 Å². The molecule has 0 fully saturated rings. The fourth-order valence-electron chi connectivity index (χ4n) is 0.909. The molecular weight excluding hydrogens is 211 g/mol. The van der Waals surface area contributed by atoms with Crippen molar-refractivity contribution >= 4 is 19.8 Å². The van der Waals surface area contributed by atoms with E-state index in [1.54, 1.807) is 28.6 Å². The van der Waals surface area contributed by atoms with Crippen LogP contribution in [-0.4, -0.2) is 50.6 Å². The van der Waals surface area contributed by atoms with Gasteiger partial charge in [-0.25, -0.2) is 9.86 Å². The highest BCUT2D eigenvalue weighted by Crippen LogP contribution is 2.06. The minimum Gasteiger partial charge on any atom is -0.444 e. The molecule has 7 heteroatoms. The van der Waals surface area contributed by atoms with Gasteiger partial charge in [-0.05, 0) is 20.8 Å². The van der Waals surface area contributed by atoms with E-state index >= 15 is 0 Å². The maximum absolute atomic E-state index is 11.5. The van der Waals surface area contributed by atoms with E-state index in [1.807, 2.05) is 0 Å². The SMILES string of the molecule is B[C@H](NC(=O)OC(C)(C)C)C(=O)N(C)OC. The van der Waals surface area contributed by atoms with Crippen LogP contribution in [0.25, 0.3) is 0 Å². The van der Waals surface area contributed by atoms with Gasteiger partial charge in [0.2, 0.25) is 0 Å². The summed E-state index contributed by atoms with van der Waals surface area (Å²) in [6.07, 6.45) is -0.627.